The van der Waals surface area contributed by atoms with Crippen LogP contribution in [0.15, 0.2) is 36.5 Å². The topological polar surface area (TPSA) is 108 Å². The molecule has 518 valence electrons. The lowest BCUT2D eigenvalue weighted by Gasteiger charge is -2.25. The van der Waals surface area contributed by atoms with Crippen LogP contribution < -0.4 is 0 Å². The fourth-order valence-electron chi connectivity index (χ4n) is 11.7. The zero-order chi connectivity index (χ0) is 64.0. The lowest BCUT2D eigenvalue weighted by Crippen LogP contribution is -2.40. The van der Waals surface area contributed by atoms with Crippen molar-refractivity contribution in [3.8, 4) is 0 Å². The molecule has 9 heteroatoms. The zero-order valence-electron chi connectivity index (χ0n) is 59.4. The SMILES string of the molecule is CCCCCCC/C=C\C/C=C\C/C=C\CCCCCCCCCCCCC(=O)OC(COC(=O)CCCCCCCCCCCCCCCCCCCCCCCCCCCCCCCCCCCCCCCC)COC(OCC[N+](C)(C)C)C(=O)O. The Morgan fingerprint density at radius 1 is 0.341 bits per heavy atom. The van der Waals surface area contributed by atoms with Gasteiger partial charge in [-0.1, -0.05) is 365 Å². The van der Waals surface area contributed by atoms with Crippen LogP contribution in [-0.4, -0.2) is 87.4 Å². The van der Waals surface area contributed by atoms with Crippen LogP contribution in [0.3, 0.4) is 0 Å². The molecule has 0 saturated carbocycles. The summed E-state index contributed by atoms with van der Waals surface area (Å²) in [5, 5.41) is 9.76. The van der Waals surface area contributed by atoms with Crippen LogP contribution in [0, 0.1) is 0 Å². The molecule has 0 amide bonds. The minimum absolute atomic E-state index is 0.179. The molecule has 0 radical (unpaired) electrons. The highest BCUT2D eigenvalue weighted by Crippen LogP contribution is 2.20. The number of carboxylic acids is 1. The second kappa shape index (κ2) is 70.4. The van der Waals surface area contributed by atoms with Gasteiger partial charge >= 0.3 is 17.9 Å². The van der Waals surface area contributed by atoms with Gasteiger partial charge in [-0.3, -0.25) is 9.59 Å². The first-order valence-electron chi connectivity index (χ1n) is 38.7. The Labute approximate surface area is 547 Å². The van der Waals surface area contributed by atoms with Crippen LogP contribution in [0.5, 0.6) is 0 Å². The first kappa shape index (κ1) is 85.5. The molecule has 0 aromatic rings. The van der Waals surface area contributed by atoms with Gasteiger partial charge in [0.15, 0.2) is 6.10 Å². The number of ether oxygens (including phenoxy) is 4. The number of esters is 2. The quantitative estimate of drug-likeness (QED) is 0.0211. The van der Waals surface area contributed by atoms with Crippen molar-refractivity contribution >= 4 is 17.9 Å². The fourth-order valence-corrected chi connectivity index (χ4v) is 11.7. The molecule has 0 aromatic heterocycles. The van der Waals surface area contributed by atoms with Gasteiger partial charge in [-0.05, 0) is 51.4 Å². The van der Waals surface area contributed by atoms with Crippen molar-refractivity contribution < 1.29 is 42.9 Å². The molecule has 9 nitrogen and oxygen atoms in total. The average Bonchev–Trinajstić information content (AvgIpc) is 3.62. The van der Waals surface area contributed by atoms with E-state index in [2.05, 4.69) is 50.3 Å². The van der Waals surface area contributed by atoms with Gasteiger partial charge in [0.2, 0.25) is 0 Å². The number of nitrogens with zero attached hydrogens (tertiary/aromatic N) is 1. The van der Waals surface area contributed by atoms with Crippen LogP contribution >= 0.6 is 0 Å². The number of aliphatic carboxylic acids is 1. The van der Waals surface area contributed by atoms with Gasteiger partial charge in [0, 0.05) is 12.8 Å². The summed E-state index contributed by atoms with van der Waals surface area (Å²) >= 11 is 0. The number of carboxylic acid groups (broad SMARTS) is 1. The van der Waals surface area contributed by atoms with Gasteiger partial charge < -0.3 is 28.5 Å². The van der Waals surface area contributed by atoms with Gasteiger partial charge in [0.25, 0.3) is 6.29 Å². The normalized spacial score (nSPS) is 12.8. The Morgan fingerprint density at radius 3 is 0.909 bits per heavy atom. The Kier molecular flexibility index (Phi) is 68.4. The molecule has 0 heterocycles. The van der Waals surface area contributed by atoms with Crippen LogP contribution in [-0.2, 0) is 33.3 Å². The first-order chi connectivity index (χ1) is 43.1. The predicted octanol–water partition coefficient (Wildman–Crippen LogP) is 24.3. The summed E-state index contributed by atoms with van der Waals surface area (Å²) in [4.78, 5) is 37.7. The van der Waals surface area contributed by atoms with E-state index in [1.807, 2.05) is 21.1 Å². The molecular formula is C79H150NO8+. The first-order valence-corrected chi connectivity index (χ1v) is 38.7. The van der Waals surface area contributed by atoms with Crippen molar-refractivity contribution in [1.82, 2.24) is 0 Å². The Balaban J connectivity index is 3.96. The highest BCUT2D eigenvalue weighted by Gasteiger charge is 2.25. The molecule has 2 unspecified atom stereocenters. The van der Waals surface area contributed by atoms with Crippen molar-refractivity contribution in [2.75, 3.05) is 47.5 Å². The van der Waals surface area contributed by atoms with Crippen molar-refractivity contribution in [3.05, 3.63) is 36.5 Å². The molecule has 0 aliphatic carbocycles. The molecule has 2 atom stereocenters. The second-order valence-corrected chi connectivity index (χ2v) is 27.7. The van der Waals surface area contributed by atoms with Gasteiger partial charge in [-0.25, -0.2) is 4.79 Å². The molecule has 0 aromatic carbocycles. The monoisotopic (exact) mass is 1240 g/mol. The average molecular weight is 1240 g/mol. The molecule has 0 spiro atoms. The predicted molar refractivity (Wildman–Crippen MR) is 378 cm³/mol. The zero-order valence-corrected chi connectivity index (χ0v) is 59.4. The van der Waals surface area contributed by atoms with Crippen molar-refractivity contribution in [3.63, 3.8) is 0 Å². The van der Waals surface area contributed by atoms with Crippen LogP contribution in [0.25, 0.3) is 0 Å². The summed E-state index contributed by atoms with van der Waals surface area (Å²) in [5.41, 5.74) is 0. The van der Waals surface area contributed by atoms with E-state index >= 15 is 0 Å². The van der Waals surface area contributed by atoms with E-state index in [4.69, 9.17) is 18.9 Å². The van der Waals surface area contributed by atoms with Crippen molar-refractivity contribution in [2.24, 2.45) is 0 Å². The highest BCUT2D eigenvalue weighted by molar-refractivity contribution is 5.71. The van der Waals surface area contributed by atoms with Crippen molar-refractivity contribution in [2.45, 2.75) is 405 Å². The lowest BCUT2D eigenvalue weighted by molar-refractivity contribution is -0.870. The van der Waals surface area contributed by atoms with Gasteiger partial charge in [0.05, 0.1) is 34.4 Å². The van der Waals surface area contributed by atoms with E-state index in [0.717, 1.165) is 57.8 Å². The Morgan fingerprint density at radius 2 is 0.614 bits per heavy atom. The number of likely N-dealkylation sites (N-methyl/N-ethyl adjacent to an activating group) is 1. The molecule has 0 fully saturated rings. The molecule has 0 bridgehead atoms. The highest BCUT2D eigenvalue weighted by atomic mass is 16.7. The summed E-state index contributed by atoms with van der Waals surface area (Å²) in [6.07, 6.45) is 87.3. The maximum absolute atomic E-state index is 13.0. The third-order valence-electron chi connectivity index (χ3n) is 17.6. The third-order valence-corrected chi connectivity index (χ3v) is 17.6. The minimum Gasteiger partial charge on any atom is -0.477 e. The van der Waals surface area contributed by atoms with Crippen LogP contribution in [0.2, 0.25) is 0 Å². The number of rotatable bonds is 73. The summed E-state index contributed by atoms with van der Waals surface area (Å²) in [5.74, 6) is -1.98. The summed E-state index contributed by atoms with van der Waals surface area (Å²) in [7, 11) is 5.99. The second-order valence-electron chi connectivity index (χ2n) is 27.7. The number of hydrogen-bond donors (Lipinski definition) is 1. The summed E-state index contributed by atoms with van der Waals surface area (Å²) in [6, 6.07) is 0. The number of quaternary nitrogens is 1. The third kappa shape index (κ3) is 71.0. The van der Waals surface area contributed by atoms with Gasteiger partial charge in [-0.2, -0.15) is 0 Å². The minimum atomic E-state index is -1.51. The summed E-state index contributed by atoms with van der Waals surface area (Å²) < 4.78 is 23.0. The maximum atomic E-state index is 13.0. The molecule has 0 rings (SSSR count). The number of carbonyl (C=O) groups excluding carboxylic acids is 2. The number of allylic oxidation sites excluding steroid dienone is 6. The Bertz CT molecular complexity index is 1540. The number of carbonyl (C=O) groups is 3. The van der Waals surface area contributed by atoms with Gasteiger partial charge in [0.1, 0.15) is 13.2 Å². The number of hydrogen-bond acceptors (Lipinski definition) is 7. The van der Waals surface area contributed by atoms with Crippen LogP contribution in [0.1, 0.15) is 393 Å². The molecule has 88 heavy (non-hydrogen) atoms. The molecular weight excluding hydrogens is 1090 g/mol. The molecule has 0 aliphatic heterocycles. The van der Waals surface area contributed by atoms with Gasteiger partial charge in [-0.15, -0.1) is 0 Å². The maximum Gasteiger partial charge on any atom is 0.361 e. The van der Waals surface area contributed by atoms with E-state index in [0.29, 0.717) is 17.4 Å². The smallest absolute Gasteiger partial charge is 0.361 e. The lowest BCUT2D eigenvalue weighted by atomic mass is 10.0. The number of unbranched alkanes of at least 4 members (excludes halogenated alkanes) is 52. The Hall–Kier alpha value is -2.49. The fraction of sp³-hybridized carbons (Fsp3) is 0.886. The standard InChI is InChI=1S/C79H149NO8/c1-6-8-10-12-14-16-18-20-22-24-26-28-30-32-33-34-35-36-37-38-39-40-41-42-43-44-46-47-49-51-53-55-57-59-61-63-65-67-69-76(81)86-73-75(74-87-79(78(83)84)85-72-71-80(3,4)5)88-77(82)70-68-66-64-62-60-58-56-54-52-50-48-45-31-29-27-25-23-21-19-17-15-13-11-9-7-2/h19,21,25,27,31,45,75,79H,6-18,20,22-24,26,28-30,32-44,46-74H2,1-5H3/p+1/b21-19-,27-25-,45-31-. The van der Waals surface area contributed by atoms with Crippen LogP contribution in [0.4, 0.5) is 0 Å². The molecule has 0 saturated heterocycles. The van der Waals surface area contributed by atoms with E-state index < -0.39 is 24.3 Å². The van der Waals surface area contributed by atoms with E-state index in [-0.39, 0.29) is 32.2 Å². The molecule has 1 N–H and O–H groups in total. The summed E-state index contributed by atoms with van der Waals surface area (Å²) in [6.45, 7) is 4.93. The van der Waals surface area contributed by atoms with E-state index in [1.165, 1.54) is 308 Å². The molecule has 0 aliphatic rings. The van der Waals surface area contributed by atoms with E-state index in [1.54, 1.807) is 0 Å². The van der Waals surface area contributed by atoms with E-state index in [9.17, 15) is 19.5 Å². The van der Waals surface area contributed by atoms with Crippen molar-refractivity contribution in [1.29, 1.82) is 0 Å². The largest absolute Gasteiger partial charge is 0.477 e.